The Balaban J connectivity index is 1.72. The lowest BCUT2D eigenvalue weighted by Gasteiger charge is -2.24. The van der Waals surface area contributed by atoms with Crippen molar-refractivity contribution < 1.29 is 14.3 Å². The number of carbonyl (C=O) groups excluding carboxylic acids is 1. The Hall–Kier alpha value is -2.13. The minimum Gasteiger partial charge on any atom is -0.489 e. The van der Waals surface area contributed by atoms with Gasteiger partial charge < -0.3 is 9.47 Å². The van der Waals surface area contributed by atoms with E-state index in [1.165, 1.54) is 0 Å². The minimum absolute atomic E-state index is 0.0466. The third-order valence-corrected chi connectivity index (χ3v) is 3.63. The zero-order valence-electron chi connectivity index (χ0n) is 11.8. The van der Waals surface area contributed by atoms with E-state index in [9.17, 15) is 4.79 Å². The van der Waals surface area contributed by atoms with Crippen molar-refractivity contribution in [1.82, 2.24) is 0 Å². The number of Topliss-reactive ketones (excluding diaryl/α,β-unsaturated/α-hetero) is 1. The molecule has 1 saturated heterocycles. The predicted octanol–water partition coefficient (Wildman–Crippen LogP) is 3.69. The van der Waals surface area contributed by atoms with Crippen molar-refractivity contribution in [2.75, 3.05) is 6.61 Å². The second-order valence-electron chi connectivity index (χ2n) is 5.19. The number of ketones is 1. The fraction of sp³-hybridized carbons (Fsp3) is 0.278. The van der Waals surface area contributed by atoms with Gasteiger partial charge in [0.1, 0.15) is 19.0 Å². The molecule has 0 aromatic heterocycles. The summed E-state index contributed by atoms with van der Waals surface area (Å²) >= 11 is 0. The molecule has 1 unspecified atom stereocenters. The Bertz CT molecular complexity index is 597. The molecule has 0 spiro atoms. The molecule has 1 aliphatic rings. The van der Waals surface area contributed by atoms with Crippen LogP contribution in [0.25, 0.3) is 0 Å². The highest BCUT2D eigenvalue weighted by atomic mass is 16.5. The molecule has 0 saturated carbocycles. The second kappa shape index (κ2) is 6.55. The Labute approximate surface area is 124 Å². The number of carbonyl (C=O) groups is 1. The van der Waals surface area contributed by atoms with Crippen molar-refractivity contribution in [3.05, 3.63) is 65.7 Å². The van der Waals surface area contributed by atoms with Crippen LogP contribution >= 0.6 is 0 Å². The summed E-state index contributed by atoms with van der Waals surface area (Å²) in [7, 11) is 0. The van der Waals surface area contributed by atoms with Crippen molar-refractivity contribution >= 4 is 5.78 Å². The predicted molar refractivity (Wildman–Crippen MR) is 80.2 cm³/mol. The first-order chi connectivity index (χ1) is 10.3. The Morgan fingerprint density at radius 3 is 2.57 bits per heavy atom. The molecule has 0 aliphatic carbocycles. The molecule has 1 fully saturated rings. The average molecular weight is 282 g/mol. The average Bonchev–Trinajstić information content (AvgIpc) is 2.55. The van der Waals surface area contributed by atoms with Crippen molar-refractivity contribution in [2.24, 2.45) is 0 Å². The zero-order valence-corrected chi connectivity index (χ0v) is 11.8. The molecule has 1 atom stereocenters. The van der Waals surface area contributed by atoms with Gasteiger partial charge >= 0.3 is 0 Å². The van der Waals surface area contributed by atoms with Crippen LogP contribution in [-0.2, 0) is 16.1 Å². The first-order valence-corrected chi connectivity index (χ1v) is 7.22. The van der Waals surface area contributed by atoms with Gasteiger partial charge in [-0.3, -0.25) is 4.79 Å². The first-order valence-electron chi connectivity index (χ1n) is 7.22. The van der Waals surface area contributed by atoms with Gasteiger partial charge in [-0.05, 0) is 18.1 Å². The normalized spacial score (nSPS) is 18.5. The number of hydrogen-bond donors (Lipinski definition) is 0. The summed E-state index contributed by atoms with van der Waals surface area (Å²) in [5.74, 6) is 1.01. The van der Waals surface area contributed by atoms with Crippen LogP contribution < -0.4 is 4.74 Å². The number of hydrogen-bond acceptors (Lipinski definition) is 3. The summed E-state index contributed by atoms with van der Waals surface area (Å²) < 4.78 is 11.6. The van der Waals surface area contributed by atoms with Crippen molar-refractivity contribution in [3.63, 3.8) is 0 Å². The van der Waals surface area contributed by atoms with Gasteiger partial charge in [0, 0.05) is 12.0 Å². The zero-order chi connectivity index (χ0) is 14.5. The number of ether oxygens (including phenoxy) is 2. The highest BCUT2D eigenvalue weighted by Crippen LogP contribution is 2.33. The third-order valence-electron chi connectivity index (χ3n) is 3.63. The molecule has 3 heteroatoms. The molecule has 0 amide bonds. The van der Waals surface area contributed by atoms with Crippen LogP contribution in [0.1, 0.15) is 30.1 Å². The summed E-state index contributed by atoms with van der Waals surface area (Å²) in [6.07, 6.45) is 1.26. The summed E-state index contributed by atoms with van der Waals surface area (Å²) in [4.78, 5) is 11.3. The standard InChI is InChI=1S/C18H18O3/c19-15-10-11-18(21-13-15)16-8-4-5-9-17(16)20-12-14-6-2-1-3-7-14/h1-9,18H,10-13H2. The molecule has 0 bridgehead atoms. The van der Waals surface area contributed by atoms with Gasteiger partial charge in [0.05, 0.1) is 6.10 Å². The molecule has 21 heavy (non-hydrogen) atoms. The second-order valence-corrected chi connectivity index (χ2v) is 5.19. The number of para-hydroxylation sites is 1. The minimum atomic E-state index is -0.0466. The van der Waals surface area contributed by atoms with Gasteiger partial charge in [0.15, 0.2) is 5.78 Å². The van der Waals surface area contributed by atoms with E-state index in [4.69, 9.17) is 9.47 Å². The molecule has 0 radical (unpaired) electrons. The van der Waals surface area contributed by atoms with E-state index in [2.05, 4.69) is 0 Å². The van der Waals surface area contributed by atoms with E-state index in [0.717, 1.165) is 23.3 Å². The Morgan fingerprint density at radius 1 is 1.05 bits per heavy atom. The number of benzene rings is 2. The molecule has 1 aliphatic heterocycles. The maximum absolute atomic E-state index is 11.3. The fourth-order valence-electron chi connectivity index (χ4n) is 2.50. The van der Waals surface area contributed by atoms with Gasteiger partial charge in [0.25, 0.3) is 0 Å². The van der Waals surface area contributed by atoms with Crippen LogP contribution in [0.3, 0.4) is 0 Å². The molecule has 2 aromatic carbocycles. The molecule has 3 nitrogen and oxygen atoms in total. The van der Waals surface area contributed by atoms with Crippen molar-refractivity contribution in [3.8, 4) is 5.75 Å². The SMILES string of the molecule is O=C1CCC(c2ccccc2OCc2ccccc2)OC1. The largest absolute Gasteiger partial charge is 0.489 e. The van der Waals surface area contributed by atoms with Crippen LogP contribution in [0.5, 0.6) is 5.75 Å². The van der Waals surface area contributed by atoms with Crippen molar-refractivity contribution in [2.45, 2.75) is 25.6 Å². The lowest BCUT2D eigenvalue weighted by Crippen LogP contribution is -2.20. The Morgan fingerprint density at radius 2 is 1.81 bits per heavy atom. The maximum atomic E-state index is 11.3. The summed E-state index contributed by atoms with van der Waals surface area (Å²) in [6, 6.07) is 18.0. The third kappa shape index (κ3) is 3.50. The molecular weight excluding hydrogens is 264 g/mol. The molecule has 3 rings (SSSR count). The molecular formula is C18H18O3. The maximum Gasteiger partial charge on any atom is 0.158 e. The van der Waals surface area contributed by atoms with Crippen LogP contribution in [0, 0.1) is 0 Å². The van der Waals surface area contributed by atoms with Crippen LogP contribution in [0.15, 0.2) is 54.6 Å². The highest BCUT2D eigenvalue weighted by molar-refractivity contribution is 5.80. The molecule has 2 aromatic rings. The van der Waals surface area contributed by atoms with E-state index in [-0.39, 0.29) is 18.5 Å². The lowest BCUT2D eigenvalue weighted by atomic mass is 10.00. The van der Waals surface area contributed by atoms with Gasteiger partial charge in [-0.25, -0.2) is 0 Å². The van der Waals surface area contributed by atoms with E-state index >= 15 is 0 Å². The van der Waals surface area contributed by atoms with Crippen LogP contribution in [0.4, 0.5) is 0 Å². The topological polar surface area (TPSA) is 35.5 Å². The van der Waals surface area contributed by atoms with Gasteiger partial charge in [-0.1, -0.05) is 48.5 Å². The van der Waals surface area contributed by atoms with Crippen LogP contribution in [0.2, 0.25) is 0 Å². The smallest absolute Gasteiger partial charge is 0.158 e. The fourth-order valence-corrected chi connectivity index (χ4v) is 2.50. The quantitative estimate of drug-likeness (QED) is 0.858. The van der Waals surface area contributed by atoms with E-state index < -0.39 is 0 Å². The van der Waals surface area contributed by atoms with E-state index in [1.54, 1.807) is 0 Å². The highest BCUT2D eigenvalue weighted by Gasteiger charge is 2.23. The van der Waals surface area contributed by atoms with Gasteiger partial charge in [0.2, 0.25) is 0 Å². The van der Waals surface area contributed by atoms with Gasteiger partial charge in [-0.15, -0.1) is 0 Å². The van der Waals surface area contributed by atoms with E-state index in [1.807, 2.05) is 54.6 Å². The summed E-state index contributed by atoms with van der Waals surface area (Å²) in [5, 5.41) is 0. The molecule has 0 N–H and O–H groups in total. The van der Waals surface area contributed by atoms with Gasteiger partial charge in [-0.2, -0.15) is 0 Å². The first kappa shape index (κ1) is 13.8. The van der Waals surface area contributed by atoms with Crippen LogP contribution in [-0.4, -0.2) is 12.4 Å². The number of rotatable bonds is 4. The van der Waals surface area contributed by atoms with Crippen molar-refractivity contribution in [1.29, 1.82) is 0 Å². The van der Waals surface area contributed by atoms with E-state index in [0.29, 0.717) is 13.0 Å². The summed E-state index contributed by atoms with van der Waals surface area (Å²) in [5.41, 5.74) is 2.16. The lowest BCUT2D eigenvalue weighted by molar-refractivity contribution is -0.131. The summed E-state index contributed by atoms with van der Waals surface area (Å²) in [6.45, 7) is 0.737. The Kier molecular flexibility index (Phi) is 4.31. The molecule has 108 valence electrons. The monoisotopic (exact) mass is 282 g/mol. The molecule has 1 heterocycles.